The van der Waals surface area contributed by atoms with Gasteiger partial charge in [-0.2, -0.15) is 0 Å². The van der Waals surface area contributed by atoms with Gasteiger partial charge in [-0.1, -0.05) is 71.4 Å². The molecule has 0 heterocycles. The van der Waals surface area contributed by atoms with Crippen LogP contribution in [0.5, 0.6) is 0 Å². The molecule has 30 heavy (non-hydrogen) atoms. The van der Waals surface area contributed by atoms with Gasteiger partial charge in [0.15, 0.2) is 0 Å². The van der Waals surface area contributed by atoms with Crippen LogP contribution in [-0.2, 0) is 23.9 Å². The number of esters is 2. The van der Waals surface area contributed by atoms with Crippen LogP contribution >= 0.6 is 0 Å². The van der Waals surface area contributed by atoms with Crippen LogP contribution in [0.25, 0.3) is 0 Å². The van der Waals surface area contributed by atoms with E-state index in [1.54, 1.807) is 0 Å². The number of carbonyl (C=O) groups excluding carboxylic acids is 3. The zero-order valence-corrected chi connectivity index (χ0v) is 18.7. The fourth-order valence-corrected chi connectivity index (χ4v) is 3.34. The van der Waals surface area contributed by atoms with Crippen molar-refractivity contribution in [2.24, 2.45) is 5.73 Å². The summed E-state index contributed by atoms with van der Waals surface area (Å²) in [7, 11) is 0. The third-order valence-corrected chi connectivity index (χ3v) is 5.04. The third kappa shape index (κ3) is 15.8. The molecule has 1 amide bonds. The smallest absolute Gasteiger partial charge is 0.330 e. The van der Waals surface area contributed by atoms with Crippen LogP contribution in [-0.4, -0.2) is 30.1 Å². The quantitative estimate of drug-likeness (QED) is 0.166. The number of carbonyl (C=O) groups is 3. The first-order valence-corrected chi connectivity index (χ1v) is 11.4. The average molecular weight is 424 g/mol. The van der Waals surface area contributed by atoms with Crippen LogP contribution in [0.1, 0.15) is 96.8 Å². The second kappa shape index (κ2) is 18.9. The van der Waals surface area contributed by atoms with E-state index in [9.17, 15) is 14.4 Å². The average Bonchev–Trinajstić information content (AvgIpc) is 2.73. The molecular weight excluding hydrogens is 382 g/mol. The second-order valence-corrected chi connectivity index (χ2v) is 7.69. The van der Waals surface area contributed by atoms with Gasteiger partial charge in [-0.05, 0) is 32.1 Å². The lowest BCUT2D eigenvalue weighted by molar-refractivity contribution is -0.162. The molecule has 0 aliphatic rings. The highest BCUT2D eigenvalue weighted by Gasteiger charge is 2.27. The number of primary amides is 1. The highest BCUT2D eigenvalue weighted by atomic mass is 16.6. The molecule has 0 bridgehead atoms. The van der Waals surface area contributed by atoms with E-state index in [-0.39, 0.29) is 5.91 Å². The van der Waals surface area contributed by atoms with Gasteiger partial charge in [-0.15, -0.1) is 0 Å². The van der Waals surface area contributed by atoms with Crippen molar-refractivity contribution < 1.29 is 23.9 Å². The SMILES string of the molecule is C=CC(=O)OC(CCCCCCCC)C(CCCCCCCC(N)=O)OC(=O)C=C. The lowest BCUT2D eigenvalue weighted by Crippen LogP contribution is -2.35. The minimum atomic E-state index is -0.510. The summed E-state index contributed by atoms with van der Waals surface area (Å²) in [5.74, 6) is -1.28. The molecule has 6 nitrogen and oxygen atoms in total. The molecule has 0 radical (unpaired) electrons. The lowest BCUT2D eigenvalue weighted by atomic mass is 9.99. The van der Waals surface area contributed by atoms with Gasteiger partial charge in [-0.25, -0.2) is 9.59 Å². The molecule has 0 saturated heterocycles. The predicted octanol–water partition coefficient (Wildman–Crippen LogP) is 5.15. The third-order valence-electron chi connectivity index (χ3n) is 5.04. The van der Waals surface area contributed by atoms with Gasteiger partial charge in [0.25, 0.3) is 0 Å². The fraction of sp³-hybridized carbons (Fsp3) is 0.708. The van der Waals surface area contributed by atoms with Crippen molar-refractivity contribution in [2.75, 3.05) is 0 Å². The molecule has 172 valence electrons. The Labute approximate surface area is 182 Å². The van der Waals surface area contributed by atoms with Crippen molar-refractivity contribution in [1.82, 2.24) is 0 Å². The van der Waals surface area contributed by atoms with E-state index in [2.05, 4.69) is 20.1 Å². The molecule has 0 aliphatic carbocycles. The Kier molecular flexibility index (Phi) is 17.6. The number of hydrogen-bond donors (Lipinski definition) is 1. The van der Waals surface area contributed by atoms with E-state index in [4.69, 9.17) is 15.2 Å². The first kappa shape index (κ1) is 27.9. The number of amides is 1. The standard InChI is InChI=1S/C24H41NO5/c1-4-7-8-9-11-14-17-20(29-23(27)5-2)21(30-24(28)6-3)18-15-12-10-13-16-19-22(25)26/h5-6,20-21H,2-4,7-19H2,1H3,(H2,25,26). The van der Waals surface area contributed by atoms with E-state index < -0.39 is 24.1 Å². The maximum absolute atomic E-state index is 11.8. The van der Waals surface area contributed by atoms with Crippen LogP contribution in [0.2, 0.25) is 0 Å². The fourth-order valence-electron chi connectivity index (χ4n) is 3.34. The second-order valence-electron chi connectivity index (χ2n) is 7.69. The number of unbranched alkanes of at least 4 members (excludes halogenated alkanes) is 9. The molecule has 0 aromatic carbocycles. The van der Waals surface area contributed by atoms with Gasteiger partial charge in [0.2, 0.25) is 5.91 Å². The Morgan fingerprint density at radius 1 is 0.733 bits per heavy atom. The number of ether oxygens (including phenoxy) is 2. The monoisotopic (exact) mass is 423 g/mol. The van der Waals surface area contributed by atoms with Crippen LogP contribution in [0.3, 0.4) is 0 Å². The van der Waals surface area contributed by atoms with E-state index in [1.807, 2.05) is 0 Å². The van der Waals surface area contributed by atoms with Crippen molar-refractivity contribution >= 4 is 17.8 Å². The summed E-state index contributed by atoms with van der Waals surface area (Å²) < 4.78 is 11.1. The largest absolute Gasteiger partial charge is 0.455 e. The molecule has 0 fully saturated rings. The minimum absolute atomic E-state index is 0.270. The Balaban J connectivity index is 4.68. The van der Waals surface area contributed by atoms with Crippen LogP contribution < -0.4 is 5.73 Å². The van der Waals surface area contributed by atoms with Gasteiger partial charge < -0.3 is 15.2 Å². The molecule has 6 heteroatoms. The maximum Gasteiger partial charge on any atom is 0.330 e. The summed E-state index contributed by atoms with van der Waals surface area (Å²) in [5, 5.41) is 0. The first-order chi connectivity index (χ1) is 14.4. The van der Waals surface area contributed by atoms with Gasteiger partial charge in [0.1, 0.15) is 12.2 Å². The summed E-state index contributed by atoms with van der Waals surface area (Å²) in [6.45, 7) is 9.11. The Morgan fingerprint density at radius 2 is 1.13 bits per heavy atom. The summed E-state index contributed by atoms with van der Waals surface area (Å²) in [6, 6.07) is 0. The number of hydrogen-bond acceptors (Lipinski definition) is 5. The molecule has 0 aromatic rings. The zero-order valence-electron chi connectivity index (χ0n) is 18.7. The molecule has 0 rings (SSSR count). The van der Waals surface area contributed by atoms with Crippen molar-refractivity contribution in [3.8, 4) is 0 Å². The highest BCUT2D eigenvalue weighted by Crippen LogP contribution is 2.21. The molecule has 2 unspecified atom stereocenters. The van der Waals surface area contributed by atoms with Crippen LogP contribution in [0, 0.1) is 0 Å². The summed E-state index contributed by atoms with van der Waals surface area (Å²) >= 11 is 0. The topological polar surface area (TPSA) is 95.7 Å². The first-order valence-electron chi connectivity index (χ1n) is 11.4. The van der Waals surface area contributed by atoms with E-state index in [0.29, 0.717) is 19.3 Å². The molecule has 0 aliphatic heterocycles. The molecule has 0 spiro atoms. The maximum atomic E-state index is 11.8. The molecule has 2 atom stereocenters. The summed E-state index contributed by atoms with van der Waals surface area (Å²) in [6.07, 6.45) is 14.2. The van der Waals surface area contributed by atoms with Crippen molar-refractivity contribution in [1.29, 1.82) is 0 Å². The van der Waals surface area contributed by atoms with Crippen molar-refractivity contribution in [2.45, 2.75) is 109 Å². The molecule has 2 N–H and O–H groups in total. The molecule has 0 aromatic heterocycles. The van der Waals surface area contributed by atoms with Crippen LogP contribution in [0.15, 0.2) is 25.3 Å². The van der Waals surface area contributed by atoms with Gasteiger partial charge in [0, 0.05) is 18.6 Å². The van der Waals surface area contributed by atoms with Gasteiger partial charge in [-0.3, -0.25) is 4.79 Å². The summed E-state index contributed by atoms with van der Waals surface area (Å²) in [4.78, 5) is 34.4. The van der Waals surface area contributed by atoms with E-state index in [0.717, 1.165) is 63.5 Å². The number of rotatable bonds is 20. The van der Waals surface area contributed by atoms with Gasteiger partial charge in [0.05, 0.1) is 0 Å². The van der Waals surface area contributed by atoms with Crippen molar-refractivity contribution in [3.63, 3.8) is 0 Å². The minimum Gasteiger partial charge on any atom is -0.455 e. The van der Waals surface area contributed by atoms with E-state index in [1.165, 1.54) is 19.3 Å². The predicted molar refractivity (Wildman–Crippen MR) is 120 cm³/mol. The molecule has 0 saturated carbocycles. The normalized spacial score (nSPS) is 12.6. The van der Waals surface area contributed by atoms with Crippen molar-refractivity contribution in [3.05, 3.63) is 25.3 Å². The highest BCUT2D eigenvalue weighted by molar-refractivity contribution is 5.82. The lowest BCUT2D eigenvalue weighted by Gasteiger charge is -2.26. The Hall–Kier alpha value is -2.11. The zero-order chi connectivity index (χ0) is 22.6. The number of nitrogens with two attached hydrogens (primary N) is 1. The summed E-state index contributed by atoms with van der Waals surface area (Å²) in [5.41, 5.74) is 5.15. The van der Waals surface area contributed by atoms with Gasteiger partial charge >= 0.3 is 11.9 Å². The Morgan fingerprint density at radius 3 is 1.53 bits per heavy atom. The van der Waals surface area contributed by atoms with E-state index >= 15 is 0 Å². The Bertz CT molecular complexity index is 518. The van der Waals surface area contributed by atoms with Crippen LogP contribution in [0.4, 0.5) is 0 Å². The molecular formula is C24H41NO5.